The molecular formula is C24H36IN5O. The lowest BCUT2D eigenvalue weighted by Gasteiger charge is -2.13. The summed E-state index contributed by atoms with van der Waals surface area (Å²) in [4.78, 5) is 20.5. The van der Waals surface area contributed by atoms with Gasteiger partial charge < -0.3 is 20.4 Å². The average molecular weight is 537 g/mol. The van der Waals surface area contributed by atoms with E-state index >= 15 is 0 Å². The minimum absolute atomic E-state index is 0. The number of carbonyl (C=O) groups excluding carboxylic acids is 1. The number of benzene rings is 2. The first kappa shape index (κ1) is 26.7. The van der Waals surface area contributed by atoms with Crippen LogP contribution in [0.1, 0.15) is 28.4 Å². The summed E-state index contributed by atoms with van der Waals surface area (Å²) < 4.78 is 0. The van der Waals surface area contributed by atoms with Crippen molar-refractivity contribution in [3.8, 4) is 0 Å². The van der Waals surface area contributed by atoms with E-state index in [-0.39, 0.29) is 29.9 Å². The van der Waals surface area contributed by atoms with Crippen LogP contribution >= 0.6 is 24.0 Å². The predicted molar refractivity (Wildman–Crippen MR) is 142 cm³/mol. The number of nitrogens with zero attached hydrogens (tertiary/aromatic N) is 3. The molecule has 1 amide bonds. The zero-order chi connectivity index (χ0) is 21.9. The maximum Gasteiger partial charge on any atom is 0.253 e. The zero-order valence-corrected chi connectivity index (χ0v) is 21.6. The molecule has 7 heteroatoms. The number of rotatable bonds is 9. The van der Waals surface area contributed by atoms with Crippen molar-refractivity contribution in [2.24, 2.45) is 4.99 Å². The molecule has 0 aliphatic rings. The van der Waals surface area contributed by atoms with Crippen LogP contribution < -0.4 is 15.5 Å². The largest absolute Gasteiger partial charge is 0.378 e. The molecule has 0 unspecified atom stereocenters. The van der Waals surface area contributed by atoms with Crippen LogP contribution in [-0.4, -0.2) is 64.6 Å². The van der Waals surface area contributed by atoms with E-state index in [0.29, 0.717) is 0 Å². The lowest BCUT2D eigenvalue weighted by molar-refractivity contribution is 0.0827. The van der Waals surface area contributed by atoms with Crippen molar-refractivity contribution in [3.05, 3.63) is 65.2 Å². The third-order valence-electron chi connectivity index (χ3n) is 4.75. The summed E-state index contributed by atoms with van der Waals surface area (Å²) in [7, 11) is 7.63. The number of anilines is 1. The van der Waals surface area contributed by atoms with Gasteiger partial charge in [-0.3, -0.25) is 9.79 Å². The van der Waals surface area contributed by atoms with Crippen LogP contribution in [0.3, 0.4) is 0 Å². The van der Waals surface area contributed by atoms with Crippen molar-refractivity contribution < 1.29 is 4.79 Å². The number of hydrogen-bond donors (Lipinski definition) is 2. The molecule has 0 fully saturated rings. The topological polar surface area (TPSA) is 60.0 Å². The maximum atomic E-state index is 12.1. The van der Waals surface area contributed by atoms with E-state index < -0.39 is 0 Å². The molecule has 31 heavy (non-hydrogen) atoms. The summed E-state index contributed by atoms with van der Waals surface area (Å²) >= 11 is 0. The standard InChI is InChI=1S/C24H35N5O.HI/c1-6-25-24(26-16-14-19-10-12-22(13-11-19)28(2)3)27-17-15-20-8-7-9-21(18-20)23(30)29(4)5;/h7-13,18H,6,14-17H2,1-5H3,(H2,25,26,27);1H. The Morgan fingerprint density at radius 2 is 1.65 bits per heavy atom. The minimum atomic E-state index is 0. The Hall–Kier alpha value is -2.29. The van der Waals surface area contributed by atoms with Crippen LogP contribution in [0.5, 0.6) is 0 Å². The van der Waals surface area contributed by atoms with Crippen molar-refractivity contribution in [2.75, 3.05) is 52.7 Å². The van der Waals surface area contributed by atoms with Gasteiger partial charge in [0.05, 0.1) is 0 Å². The molecule has 2 N–H and O–H groups in total. The van der Waals surface area contributed by atoms with E-state index in [9.17, 15) is 4.79 Å². The van der Waals surface area contributed by atoms with Crippen LogP contribution in [0.25, 0.3) is 0 Å². The van der Waals surface area contributed by atoms with E-state index in [1.807, 2.05) is 32.3 Å². The number of nitrogens with one attached hydrogen (secondary N) is 2. The Kier molecular flexibility index (Phi) is 12.0. The molecule has 2 aromatic rings. The molecule has 0 bridgehead atoms. The summed E-state index contributed by atoms with van der Waals surface area (Å²) in [6.07, 6.45) is 1.73. The van der Waals surface area contributed by atoms with Gasteiger partial charge in [-0.05, 0) is 55.2 Å². The first-order chi connectivity index (χ1) is 14.4. The van der Waals surface area contributed by atoms with E-state index in [4.69, 9.17) is 0 Å². The Bertz CT molecular complexity index is 834. The number of carbonyl (C=O) groups is 1. The second-order valence-corrected chi connectivity index (χ2v) is 7.65. The number of halogens is 1. The van der Waals surface area contributed by atoms with E-state index in [0.717, 1.165) is 49.6 Å². The lowest BCUT2D eigenvalue weighted by Crippen LogP contribution is -2.38. The van der Waals surface area contributed by atoms with E-state index in [2.05, 4.69) is 57.8 Å². The Labute approximate surface area is 204 Å². The van der Waals surface area contributed by atoms with Crippen LogP contribution in [0.4, 0.5) is 5.69 Å². The molecule has 6 nitrogen and oxygen atoms in total. The molecule has 0 heterocycles. The molecule has 2 rings (SSSR count). The van der Waals surface area contributed by atoms with Gasteiger partial charge in [-0.1, -0.05) is 24.3 Å². The monoisotopic (exact) mass is 537 g/mol. The normalized spacial score (nSPS) is 10.8. The highest BCUT2D eigenvalue weighted by Crippen LogP contribution is 2.12. The number of guanidine groups is 1. The smallest absolute Gasteiger partial charge is 0.253 e. The van der Waals surface area contributed by atoms with Gasteiger partial charge in [0.15, 0.2) is 5.96 Å². The Morgan fingerprint density at radius 1 is 0.935 bits per heavy atom. The van der Waals surface area contributed by atoms with Crippen molar-refractivity contribution in [2.45, 2.75) is 19.8 Å². The predicted octanol–water partition coefficient (Wildman–Crippen LogP) is 3.41. The molecule has 0 aliphatic carbocycles. The van der Waals surface area contributed by atoms with Gasteiger partial charge in [0.1, 0.15) is 0 Å². The fraction of sp³-hybridized carbons (Fsp3) is 0.417. The molecule has 0 saturated heterocycles. The first-order valence-electron chi connectivity index (χ1n) is 10.5. The molecule has 0 spiro atoms. The molecule has 170 valence electrons. The Balaban J connectivity index is 0.00000480. The summed E-state index contributed by atoms with van der Waals surface area (Å²) in [6, 6.07) is 16.4. The van der Waals surface area contributed by atoms with Crippen molar-refractivity contribution in [1.29, 1.82) is 0 Å². The van der Waals surface area contributed by atoms with Gasteiger partial charge in [-0.2, -0.15) is 0 Å². The summed E-state index contributed by atoms with van der Waals surface area (Å²) in [5.74, 6) is 0.848. The lowest BCUT2D eigenvalue weighted by atomic mass is 10.1. The third-order valence-corrected chi connectivity index (χ3v) is 4.75. The van der Waals surface area contributed by atoms with Crippen LogP contribution in [0.2, 0.25) is 0 Å². The van der Waals surface area contributed by atoms with Gasteiger partial charge in [0, 0.05) is 59.1 Å². The fourth-order valence-electron chi connectivity index (χ4n) is 3.04. The fourth-order valence-corrected chi connectivity index (χ4v) is 3.04. The molecule has 0 atom stereocenters. The van der Waals surface area contributed by atoms with Gasteiger partial charge >= 0.3 is 0 Å². The van der Waals surface area contributed by atoms with Crippen molar-refractivity contribution in [3.63, 3.8) is 0 Å². The SMILES string of the molecule is CCNC(=NCCc1ccc(N(C)C)cc1)NCCc1cccc(C(=O)N(C)C)c1.I. The van der Waals surface area contributed by atoms with Gasteiger partial charge in [-0.25, -0.2) is 0 Å². The first-order valence-corrected chi connectivity index (χ1v) is 10.5. The van der Waals surface area contributed by atoms with E-state index in [1.54, 1.807) is 19.0 Å². The van der Waals surface area contributed by atoms with Crippen LogP contribution in [0, 0.1) is 0 Å². The van der Waals surface area contributed by atoms with Gasteiger partial charge in [0.25, 0.3) is 5.91 Å². The van der Waals surface area contributed by atoms with Gasteiger partial charge in [0.2, 0.25) is 0 Å². The molecular weight excluding hydrogens is 501 g/mol. The van der Waals surface area contributed by atoms with Crippen molar-refractivity contribution >= 4 is 41.5 Å². The molecule has 0 radical (unpaired) electrons. The second kappa shape index (κ2) is 13.9. The van der Waals surface area contributed by atoms with Crippen molar-refractivity contribution in [1.82, 2.24) is 15.5 Å². The summed E-state index contributed by atoms with van der Waals surface area (Å²) in [5, 5.41) is 6.68. The minimum Gasteiger partial charge on any atom is -0.378 e. The quantitative estimate of drug-likeness (QED) is 0.293. The summed E-state index contributed by atoms with van der Waals surface area (Å²) in [5.41, 5.74) is 4.33. The molecule has 0 saturated carbocycles. The summed E-state index contributed by atoms with van der Waals surface area (Å²) in [6.45, 7) is 4.36. The van der Waals surface area contributed by atoms with E-state index in [1.165, 1.54) is 11.3 Å². The average Bonchev–Trinajstić information content (AvgIpc) is 2.73. The zero-order valence-electron chi connectivity index (χ0n) is 19.3. The molecule has 0 aromatic heterocycles. The van der Waals surface area contributed by atoms with Crippen LogP contribution in [0.15, 0.2) is 53.5 Å². The highest BCUT2D eigenvalue weighted by Gasteiger charge is 2.08. The molecule has 2 aromatic carbocycles. The van der Waals surface area contributed by atoms with Gasteiger partial charge in [-0.15, -0.1) is 24.0 Å². The maximum absolute atomic E-state index is 12.1. The number of amides is 1. The second-order valence-electron chi connectivity index (χ2n) is 7.65. The Morgan fingerprint density at radius 3 is 2.26 bits per heavy atom. The highest BCUT2D eigenvalue weighted by atomic mass is 127. The number of hydrogen-bond acceptors (Lipinski definition) is 3. The number of aliphatic imine (C=N–C) groups is 1. The third kappa shape index (κ3) is 9.16. The highest BCUT2D eigenvalue weighted by molar-refractivity contribution is 14.0. The molecule has 0 aliphatic heterocycles. The van der Waals surface area contributed by atoms with Crippen LogP contribution in [-0.2, 0) is 12.8 Å².